The Morgan fingerprint density at radius 3 is 2.29 bits per heavy atom. The lowest BCUT2D eigenvalue weighted by molar-refractivity contribution is 0.395. The van der Waals surface area contributed by atoms with Gasteiger partial charge in [-0.2, -0.15) is 0 Å². The predicted molar refractivity (Wildman–Crippen MR) is 84.9 cm³/mol. The lowest BCUT2D eigenvalue weighted by Gasteiger charge is -2.13. The summed E-state index contributed by atoms with van der Waals surface area (Å²) in [7, 11) is 4.85. The zero-order chi connectivity index (χ0) is 15.2. The number of benzene rings is 2. The third kappa shape index (κ3) is 3.73. The Labute approximate surface area is 129 Å². The monoisotopic (exact) mass is 307 g/mol. The molecule has 0 aromatic heterocycles. The number of ether oxygens (including phenoxy) is 3. The molecular formula is C16H18ClNO3. The molecule has 2 aromatic carbocycles. The second-order valence-electron chi connectivity index (χ2n) is 4.39. The predicted octanol–water partition coefficient (Wildman–Crippen LogP) is 3.98. The summed E-state index contributed by atoms with van der Waals surface area (Å²) < 4.78 is 15.7. The van der Waals surface area contributed by atoms with Crippen LogP contribution in [0.25, 0.3) is 0 Å². The number of methoxy groups -OCH3 is 3. The summed E-state index contributed by atoms with van der Waals surface area (Å²) >= 11 is 6.12. The molecule has 0 heterocycles. The van der Waals surface area contributed by atoms with E-state index in [-0.39, 0.29) is 0 Å². The number of nitrogens with one attached hydrogen (secondary N) is 1. The largest absolute Gasteiger partial charge is 0.497 e. The van der Waals surface area contributed by atoms with Crippen molar-refractivity contribution in [2.45, 2.75) is 6.54 Å². The minimum atomic E-state index is 0.596. The molecule has 21 heavy (non-hydrogen) atoms. The Morgan fingerprint density at radius 1 is 0.905 bits per heavy atom. The lowest BCUT2D eigenvalue weighted by atomic mass is 10.2. The molecule has 0 aliphatic rings. The minimum absolute atomic E-state index is 0.596. The van der Waals surface area contributed by atoms with E-state index in [1.807, 2.05) is 36.4 Å². The number of hydrogen-bond donors (Lipinski definition) is 1. The van der Waals surface area contributed by atoms with Crippen LogP contribution in [0.1, 0.15) is 5.56 Å². The first-order valence-electron chi connectivity index (χ1n) is 6.46. The van der Waals surface area contributed by atoms with Crippen LogP contribution < -0.4 is 19.5 Å². The molecule has 0 spiro atoms. The maximum absolute atomic E-state index is 6.12. The van der Waals surface area contributed by atoms with Gasteiger partial charge < -0.3 is 19.5 Å². The van der Waals surface area contributed by atoms with Crippen molar-refractivity contribution in [3.05, 3.63) is 47.0 Å². The first-order valence-corrected chi connectivity index (χ1v) is 6.84. The molecule has 0 saturated heterocycles. The maximum atomic E-state index is 6.12. The maximum Gasteiger partial charge on any atom is 0.145 e. The zero-order valence-electron chi connectivity index (χ0n) is 12.3. The van der Waals surface area contributed by atoms with E-state index in [1.165, 1.54) is 0 Å². The topological polar surface area (TPSA) is 39.7 Å². The van der Waals surface area contributed by atoms with Crippen molar-refractivity contribution in [3.63, 3.8) is 0 Å². The van der Waals surface area contributed by atoms with Crippen LogP contribution in [-0.4, -0.2) is 21.3 Å². The zero-order valence-corrected chi connectivity index (χ0v) is 13.0. The second kappa shape index (κ2) is 7.09. The van der Waals surface area contributed by atoms with Crippen LogP contribution in [0.3, 0.4) is 0 Å². The fourth-order valence-corrected chi connectivity index (χ4v) is 2.24. The Hall–Kier alpha value is -2.07. The Morgan fingerprint density at radius 2 is 1.67 bits per heavy atom. The summed E-state index contributed by atoms with van der Waals surface area (Å²) in [5.74, 6) is 2.15. The van der Waals surface area contributed by atoms with Crippen molar-refractivity contribution >= 4 is 17.3 Å². The highest BCUT2D eigenvalue weighted by Gasteiger charge is 2.06. The van der Waals surface area contributed by atoms with Gasteiger partial charge in [0, 0.05) is 12.6 Å². The van der Waals surface area contributed by atoms with Crippen molar-refractivity contribution in [3.8, 4) is 17.2 Å². The van der Waals surface area contributed by atoms with E-state index < -0.39 is 0 Å². The Kier molecular flexibility index (Phi) is 5.17. The van der Waals surface area contributed by atoms with Gasteiger partial charge in [0.15, 0.2) is 0 Å². The van der Waals surface area contributed by atoms with Crippen LogP contribution in [0.15, 0.2) is 36.4 Å². The fraction of sp³-hybridized carbons (Fsp3) is 0.250. The summed E-state index contributed by atoms with van der Waals surface area (Å²) in [4.78, 5) is 0. The van der Waals surface area contributed by atoms with Crippen molar-refractivity contribution in [1.29, 1.82) is 0 Å². The summed E-state index contributed by atoms with van der Waals surface area (Å²) in [6, 6.07) is 11.3. The minimum Gasteiger partial charge on any atom is -0.497 e. The van der Waals surface area contributed by atoms with Gasteiger partial charge in [-0.25, -0.2) is 0 Å². The van der Waals surface area contributed by atoms with E-state index in [9.17, 15) is 0 Å². The van der Waals surface area contributed by atoms with Gasteiger partial charge in [0.2, 0.25) is 0 Å². The number of hydrogen-bond acceptors (Lipinski definition) is 4. The van der Waals surface area contributed by atoms with Gasteiger partial charge in [0.05, 0.1) is 32.0 Å². The van der Waals surface area contributed by atoms with E-state index in [4.69, 9.17) is 25.8 Å². The average molecular weight is 308 g/mol. The molecule has 0 amide bonds. The van der Waals surface area contributed by atoms with Gasteiger partial charge in [0.25, 0.3) is 0 Å². The average Bonchev–Trinajstić information content (AvgIpc) is 2.52. The number of anilines is 1. The third-order valence-corrected chi connectivity index (χ3v) is 3.40. The van der Waals surface area contributed by atoms with Crippen molar-refractivity contribution in [1.82, 2.24) is 0 Å². The molecule has 2 aromatic rings. The molecule has 0 radical (unpaired) electrons. The van der Waals surface area contributed by atoms with Crippen LogP contribution >= 0.6 is 11.6 Å². The van der Waals surface area contributed by atoms with Crippen LogP contribution in [-0.2, 0) is 6.54 Å². The number of halogens is 1. The van der Waals surface area contributed by atoms with Gasteiger partial charge in [0.1, 0.15) is 17.2 Å². The number of rotatable bonds is 6. The summed E-state index contributed by atoms with van der Waals surface area (Å²) in [6.07, 6.45) is 0. The van der Waals surface area contributed by atoms with E-state index >= 15 is 0 Å². The summed E-state index contributed by atoms with van der Waals surface area (Å²) in [6.45, 7) is 0.631. The molecule has 4 nitrogen and oxygen atoms in total. The summed E-state index contributed by atoms with van der Waals surface area (Å²) in [5, 5.41) is 3.91. The van der Waals surface area contributed by atoms with Gasteiger partial charge in [-0.3, -0.25) is 0 Å². The second-order valence-corrected chi connectivity index (χ2v) is 4.80. The van der Waals surface area contributed by atoms with E-state index in [0.29, 0.717) is 17.3 Å². The molecule has 112 valence electrons. The molecule has 5 heteroatoms. The first kappa shape index (κ1) is 15.3. The highest BCUT2D eigenvalue weighted by molar-refractivity contribution is 6.32. The van der Waals surface area contributed by atoms with E-state index in [1.54, 1.807) is 21.3 Å². The molecule has 0 fully saturated rings. The van der Waals surface area contributed by atoms with Crippen molar-refractivity contribution in [2.24, 2.45) is 0 Å². The lowest BCUT2D eigenvalue weighted by Crippen LogP contribution is -2.02. The van der Waals surface area contributed by atoms with Crippen LogP contribution in [0.5, 0.6) is 17.2 Å². The van der Waals surface area contributed by atoms with Gasteiger partial charge in [-0.1, -0.05) is 17.7 Å². The van der Waals surface area contributed by atoms with Crippen molar-refractivity contribution < 1.29 is 14.2 Å². The van der Waals surface area contributed by atoms with Crippen LogP contribution in [0, 0.1) is 0 Å². The fourth-order valence-electron chi connectivity index (χ4n) is 1.96. The van der Waals surface area contributed by atoms with Crippen molar-refractivity contribution in [2.75, 3.05) is 26.6 Å². The molecule has 0 unspecified atom stereocenters. The standard InChI is InChI=1S/C16H18ClNO3/c1-19-12-5-6-14(16(9-12)21-3)18-10-11-4-7-15(20-2)13(17)8-11/h4-9,18H,10H2,1-3H3. The van der Waals surface area contributed by atoms with Gasteiger partial charge in [-0.15, -0.1) is 0 Å². The summed E-state index contributed by atoms with van der Waals surface area (Å²) in [5.41, 5.74) is 1.95. The highest BCUT2D eigenvalue weighted by atomic mass is 35.5. The van der Waals surface area contributed by atoms with Gasteiger partial charge in [-0.05, 0) is 29.8 Å². The molecule has 2 rings (SSSR count). The molecule has 0 bridgehead atoms. The van der Waals surface area contributed by atoms with E-state index in [0.717, 1.165) is 22.7 Å². The van der Waals surface area contributed by atoms with Crippen LogP contribution in [0.2, 0.25) is 5.02 Å². The third-order valence-electron chi connectivity index (χ3n) is 3.11. The van der Waals surface area contributed by atoms with E-state index in [2.05, 4.69) is 5.32 Å². The molecule has 0 aliphatic heterocycles. The molecule has 1 N–H and O–H groups in total. The smallest absolute Gasteiger partial charge is 0.145 e. The molecule has 0 saturated carbocycles. The Bertz CT molecular complexity index is 616. The van der Waals surface area contributed by atoms with Crippen LogP contribution in [0.4, 0.5) is 5.69 Å². The molecular weight excluding hydrogens is 290 g/mol. The highest BCUT2D eigenvalue weighted by Crippen LogP contribution is 2.30. The normalized spacial score (nSPS) is 10.1. The SMILES string of the molecule is COc1ccc(NCc2ccc(OC)c(Cl)c2)c(OC)c1. The molecule has 0 atom stereocenters. The Balaban J connectivity index is 2.10. The molecule has 0 aliphatic carbocycles. The van der Waals surface area contributed by atoms with Gasteiger partial charge >= 0.3 is 0 Å². The quantitative estimate of drug-likeness (QED) is 0.876. The first-order chi connectivity index (χ1) is 10.2.